The first-order valence-corrected chi connectivity index (χ1v) is 6.65. The van der Waals surface area contributed by atoms with Crippen molar-refractivity contribution in [2.24, 2.45) is 0 Å². The molecule has 0 unspecified atom stereocenters. The Kier molecular flexibility index (Phi) is 6.50. The Morgan fingerprint density at radius 1 is 1.25 bits per heavy atom. The van der Waals surface area contributed by atoms with Gasteiger partial charge in [0.15, 0.2) is 0 Å². The predicted octanol–water partition coefficient (Wildman–Crippen LogP) is 4.13. The number of unbranched alkanes of at least 4 members (excludes halogenated alkanes) is 3. The molecule has 0 bridgehead atoms. The molecule has 16 heavy (non-hydrogen) atoms. The molecule has 0 aliphatic rings. The van der Waals surface area contributed by atoms with Gasteiger partial charge in [0.25, 0.3) is 0 Å². The van der Waals surface area contributed by atoms with Crippen LogP contribution in [0.25, 0.3) is 0 Å². The van der Waals surface area contributed by atoms with Gasteiger partial charge in [0.1, 0.15) is 0 Å². The summed E-state index contributed by atoms with van der Waals surface area (Å²) in [6, 6.07) is 5.82. The van der Waals surface area contributed by atoms with Crippen molar-refractivity contribution in [3.63, 3.8) is 0 Å². The molecule has 2 N–H and O–H groups in total. The normalized spacial score (nSPS) is 10.6. The fraction of sp³-hybridized carbons (Fsp3) is 0.538. The third kappa shape index (κ3) is 4.99. The number of hydrogen-bond donors (Lipinski definition) is 1. The molecule has 0 fully saturated rings. The lowest BCUT2D eigenvalue weighted by molar-refractivity contribution is 0.116. The van der Waals surface area contributed by atoms with Crippen LogP contribution in [0, 0.1) is 0 Å². The van der Waals surface area contributed by atoms with E-state index in [1.54, 1.807) is 0 Å². The number of nitrogens with two attached hydrogens (primary N) is 1. The molecule has 0 saturated heterocycles. The number of halogens is 1. The lowest BCUT2D eigenvalue weighted by atomic mass is 10.2. The van der Waals surface area contributed by atoms with E-state index in [4.69, 9.17) is 10.5 Å². The Morgan fingerprint density at radius 3 is 2.75 bits per heavy atom. The minimum atomic E-state index is 0.660. The fourth-order valence-electron chi connectivity index (χ4n) is 1.49. The highest BCUT2D eigenvalue weighted by atomic mass is 79.9. The average molecular weight is 286 g/mol. The van der Waals surface area contributed by atoms with E-state index in [0.717, 1.165) is 28.8 Å². The van der Waals surface area contributed by atoms with Gasteiger partial charge in [-0.3, -0.25) is 0 Å². The fourth-order valence-corrected chi connectivity index (χ4v) is 2.00. The van der Waals surface area contributed by atoms with Crippen molar-refractivity contribution in [1.29, 1.82) is 0 Å². The molecule has 1 rings (SSSR count). The molecule has 90 valence electrons. The van der Waals surface area contributed by atoms with Gasteiger partial charge in [-0.25, -0.2) is 0 Å². The van der Waals surface area contributed by atoms with Gasteiger partial charge in [-0.15, -0.1) is 0 Å². The minimum Gasteiger partial charge on any atom is -0.399 e. The van der Waals surface area contributed by atoms with Gasteiger partial charge in [0, 0.05) is 16.8 Å². The van der Waals surface area contributed by atoms with Crippen molar-refractivity contribution in [3.05, 3.63) is 28.2 Å². The van der Waals surface area contributed by atoms with Crippen LogP contribution in [0.15, 0.2) is 22.7 Å². The highest BCUT2D eigenvalue weighted by Gasteiger charge is 2.00. The molecule has 0 aliphatic heterocycles. The number of ether oxygens (including phenoxy) is 1. The van der Waals surface area contributed by atoms with Crippen LogP contribution in [-0.2, 0) is 11.3 Å². The average Bonchev–Trinajstić information content (AvgIpc) is 2.26. The van der Waals surface area contributed by atoms with Gasteiger partial charge in [-0.2, -0.15) is 0 Å². The summed E-state index contributed by atoms with van der Waals surface area (Å²) in [5, 5.41) is 0. The number of rotatable bonds is 7. The molecule has 3 heteroatoms. The zero-order valence-corrected chi connectivity index (χ0v) is 11.4. The Hall–Kier alpha value is -0.540. The molecule has 0 saturated carbocycles. The van der Waals surface area contributed by atoms with E-state index >= 15 is 0 Å². The molecular weight excluding hydrogens is 266 g/mol. The lowest BCUT2D eigenvalue weighted by Crippen LogP contribution is -1.97. The Balaban J connectivity index is 2.21. The summed E-state index contributed by atoms with van der Waals surface area (Å²) in [6.45, 7) is 3.72. The van der Waals surface area contributed by atoms with Crippen molar-refractivity contribution in [2.75, 3.05) is 12.3 Å². The zero-order valence-electron chi connectivity index (χ0n) is 9.84. The minimum absolute atomic E-state index is 0.660. The van der Waals surface area contributed by atoms with Crippen LogP contribution in [0.3, 0.4) is 0 Å². The van der Waals surface area contributed by atoms with Crippen molar-refractivity contribution in [2.45, 2.75) is 39.2 Å². The topological polar surface area (TPSA) is 35.2 Å². The van der Waals surface area contributed by atoms with E-state index in [1.807, 2.05) is 18.2 Å². The first-order chi connectivity index (χ1) is 7.74. The second kappa shape index (κ2) is 7.69. The monoisotopic (exact) mass is 285 g/mol. The van der Waals surface area contributed by atoms with Crippen molar-refractivity contribution >= 4 is 21.6 Å². The molecule has 0 spiro atoms. The molecule has 0 atom stereocenters. The van der Waals surface area contributed by atoms with Crippen molar-refractivity contribution < 1.29 is 4.74 Å². The number of hydrogen-bond acceptors (Lipinski definition) is 2. The van der Waals surface area contributed by atoms with Gasteiger partial charge < -0.3 is 10.5 Å². The number of benzene rings is 1. The van der Waals surface area contributed by atoms with Crippen molar-refractivity contribution in [3.8, 4) is 0 Å². The van der Waals surface area contributed by atoms with E-state index < -0.39 is 0 Å². The smallest absolute Gasteiger partial charge is 0.0727 e. The van der Waals surface area contributed by atoms with E-state index in [9.17, 15) is 0 Å². The van der Waals surface area contributed by atoms with Crippen LogP contribution in [0.5, 0.6) is 0 Å². The predicted molar refractivity (Wildman–Crippen MR) is 72.4 cm³/mol. The van der Waals surface area contributed by atoms with E-state index in [-0.39, 0.29) is 0 Å². The number of nitrogen functional groups attached to an aromatic ring is 1. The molecular formula is C13H20BrNO. The third-order valence-corrected chi connectivity index (χ3v) is 3.22. The summed E-state index contributed by atoms with van der Waals surface area (Å²) < 4.78 is 6.64. The maximum Gasteiger partial charge on any atom is 0.0727 e. The third-order valence-electron chi connectivity index (χ3n) is 2.48. The highest BCUT2D eigenvalue weighted by molar-refractivity contribution is 9.10. The summed E-state index contributed by atoms with van der Waals surface area (Å²) in [5.74, 6) is 0. The first-order valence-electron chi connectivity index (χ1n) is 5.85. The summed E-state index contributed by atoms with van der Waals surface area (Å²) in [5.41, 5.74) is 7.60. The standard InChI is InChI=1S/C13H20BrNO/c1-2-3-4-5-8-16-10-11-6-7-12(15)9-13(11)14/h6-7,9H,2-5,8,10,15H2,1H3. The Labute approximate surface area is 106 Å². The molecule has 0 aliphatic carbocycles. The Bertz CT molecular complexity index is 315. The molecule has 0 aromatic heterocycles. The summed E-state index contributed by atoms with van der Waals surface area (Å²) in [7, 11) is 0. The van der Waals surface area contributed by atoms with Crippen LogP contribution in [0.4, 0.5) is 5.69 Å². The largest absolute Gasteiger partial charge is 0.399 e. The summed E-state index contributed by atoms with van der Waals surface area (Å²) in [6.07, 6.45) is 4.98. The second-order valence-electron chi connectivity index (χ2n) is 3.96. The molecule has 2 nitrogen and oxygen atoms in total. The SMILES string of the molecule is CCCCCCOCc1ccc(N)cc1Br. The lowest BCUT2D eigenvalue weighted by Gasteiger charge is -2.07. The highest BCUT2D eigenvalue weighted by Crippen LogP contribution is 2.20. The maximum atomic E-state index is 5.67. The molecule has 0 heterocycles. The van der Waals surface area contributed by atoms with Crippen molar-refractivity contribution in [1.82, 2.24) is 0 Å². The van der Waals surface area contributed by atoms with E-state index in [2.05, 4.69) is 22.9 Å². The first kappa shape index (κ1) is 13.5. The summed E-state index contributed by atoms with van der Waals surface area (Å²) in [4.78, 5) is 0. The molecule has 1 aromatic carbocycles. The van der Waals surface area contributed by atoms with Gasteiger partial charge in [0.2, 0.25) is 0 Å². The molecule has 0 radical (unpaired) electrons. The van der Waals surface area contributed by atoms with E-state index in [0.29, 0.717) is 6.61 Å². The second-order valence-corrected chi connectivity index (χ2v) is 4.82. The Morgan fingerprint density at radius 2 is 2.06 bits per heavy atom. The van der Waals surface area contributed by atoms with E-state index in [1.165, 1.54) is 19.3 Å². The van der Waals surface area contributed by atoms with Gasteiger partial charge in [-0.1, -0.05) is 48.2 Å². The number of anilines is 1. The van der Waals surface area contributed by atoms with Gasteiger partial charge in [0.05, 0.1) is 6.61 Å². The quantitative estimate of drug-likeness (QED) is 0.604. The van der Waals surface area contributed by atoms with Gasteiger partial charge in [-0.05, 0) is 24.1 Å². The van der Waals surface area contributed by atoms with Crippen LogP contribution in [-0.4, -0.2) is 6.61 Å². The van der Waals surface area contributed by atoms with Crippen LogP contribution in [0.2, 0.25) is 0 Å². The summed E-state index contributed by atoms with van der Waals surface area (Å²) >= 11 is 3.48. The molecule has 0 amide bonds. The van der Waals surface area contributed by atoms with Crippen LogP contribution >= 0.6 is 15.9 Å². The molecule has 1 aromatic rings. The van der Waals surface area contributed by atoms with Gasteiger partial charge >= 0.3 is 0 Å². The maximum absolute atomic E-state index is 5.67. The van der Waals surface area contributed by atoms with Crippen LogP contribution < -0.4 is 5.73 Å². The van der Waals surface area contributed by atoms with Crippen LogP contribution in [0.1, 0.15) is 38.2 Å². The zero-order chi connectivity index (χ0) is 11.8.